The monoisotopic (exact) mass is 1820 g/mol. The molecule has 0 unspecified atom stereocenters. The maximum Gasteiger partial charge on any atom is 0.164 e. The number of hydrogen-bond donors (Lipinski definition) is 0. The van der Waals surface area contributed by atoms with E-state index in [-0.39, 0.29) is 0 Å². The van der Waals surface area contributed by atoms with Crippen molar-refractivity contribution in [1.29, 1.82) is 0 Å². The molecule has 28 aromatic rings. The van der Waals surface area contributed by atoms with Gasteiger partial charge in [0.15, 0.2) is 52.4 Å². The van der Waals surface area contributed by atoms with Gasteiger partial charge in [-0.3, -0.25) is 0 Å². The van der Waals surface area contributed by atoms with Gasteiger partial charge in [0.25, 0.3) is 0 Å². The topological polar surface area (TPSA) is 131 Å². The van der Waals surface area contributed by atoms with Crippen molar-refractivity contribution in [2.24, 2.45) is 0 Å². The maximum absolute atomic E-state index is 5.21. The summed E-state index contributed by atoms with van der Waals surface area (Å²) in [5.74, 6) is 5.82. The lowest BCUT2D eigenvalue weighted by atomic mass is 10.0. The van der Waals surface area contributed by atoms with Gasteiger partial charge < -0.3 is 13.7 Å². The molecule has 0 aliphatic rings. The fourth-order valence-electron chi connectivity index (χ4n) is 20.5. The van der Waals surface area contributed by atoms with E-state index in [0.29, 0.717) is 52.4 Å². The Morgan fingerprint density at radius 3 is 0.881 bits per heavy atom. The first-order valence-electron chi connectivity index (χ1n) is 48.1. The average molecular weight is 1830 g/mol. The predicted octanol–water partition coefficient (Wildman–Crippen LogP) is 33.0. The number of nitrogens with zero attached hydrogens (tertiary/aromatic N) is 12. The van der Waals surface area contributed by atoms with Crippen molar-refractivity contribution in [3.05, 3.63) is 510 Å². The Labute approximate surface area is 823 Å². The van der Waals surface area contributed by atoms with E-state index in [1.165, 1.54) is 76.4 Å². The van der Waals surface area contributed by atoms with Gasteiger partial charge in [-0.25, -0.2) is 44.9 Å². The van der Waals surface area contributed by atoms with Crippen molar-refractivity contribution in [3.8, 4) is 142 Å². The zero-order valence-electron chi connectivity index (χ0n) is 77.4. The summed E-state index contributed by atoms with van der Waals surface area (Å²) in [6, 6.07) is 178. The van der Waals surface area contributed by atoms with Crippen LogP contribution in [0.4, 0.5) is 0 Å². The number of benzene rings is 22. The summed E-state index contributed by atoms with van der Waals surface area (Å²) in [6.07, 6.45) is 0. The van der Waals surface area contributed by atoms with Crippen LogP contribution in [-0.4, -0.2) is 58.6 Å². The Morgan fingerprint density at radius 2 is 0.385 bits per heavy atom. The number of rotatable bonds is 14. The molecule has 0 fully saturated rings. The van der Waals surface area contributed by atoms with Crippen LogP contribution in [0.3, 0.4) is 0 Å². The van der Waals surface area contributed by atoms with Gasteiger partial charge in [0.1, 0.15) is 0 Å². The molecule has 0 saturated carbocycles. The van der Waals surface area contributed by atoms with Crippen molar-refractivity contribution >= 4 is 119 Å². The third-order valence-electron chi connectivity index (χ3n) is 27.3. The highest BCUT2D eigenvalue weighted by atomic mass is 15.1. The summed E-state index contributed by atoms with van der Waals surface area (Å²) in [5, 5.41) is 18.8. The van der Waals surface area contributed by atoms with E-state index in [0.717, 1.165) is 132 Å². The molecular formula is C131H84N12. The van der Waals surface area contributed by atoms with Crippen LogP contribution in [0.2, 0.25) is 0 Å². The first kappa shape index (κ1) is 84.1. The van der Waals surface area contributed by atoms with E-state index in [1.807, 2.05) is 72.8 Å². The van der Waals surface area contributed by atoms with E-state index >= 15 is 0 Å². The highest BCUT2D eigenvalue weighted by molar-refractivity contribution is 6.14. The van der Waals surface area contributed by atoms with Crippen LogP contribution in [0, 0.1) is 0 Å². The SMILES string of the molecule is c1ccc(-c2ccc(-c3nc(-c4ccccc4)nc(-c4ccc5ccc(-n6c7ccccc7c7ccccc76)cc5c4)n3)cc2)cc1.c1ccc(-c2cccc(-c3nc(-c4ccc5ccccc5c4)nc(-c4cccc5c(-n6c7ccccc7c7ccccc76)cccc45)n3)c2)cc1.c1ccc(-c2nc(-c3cccc4ccccc34)nc(-c3cccc4cc(-n5c6ccccc6c6ccccc65)ccc34)n2)cc1. The molecule has 12 heteroatoms. The summed E-state index contributed by atoms with van der Waals surface area (Å²) < 4.78 is 7.08. The molecule has 28 rings (SSSR count). The normalized spacial score (nSPS) is 11.5. The van der Waals surface area contributed by atoms with Gasteiger partial charge in [-0.2, -0.15) is 0 Å². The molecule has 0 aliphatic carbocycles. The van der Waals surface area contributed by atoms with Crippen LogP contribution in [-0.2, 0) is 0 Å². The summed E-state index contributed by atoms with van der Waals surface area (Å²) in [6.45, 7) is 0. The second-order valence-corrected chi connectivity index (χ2v) is 35.9. The lowest BCUT2D eigenvalue weighted by molar-refractivity contribution is 1.07. The lowest BCUT2D eigenvalue weighted by Gasteiger charge is -2.14. The zero-order valence-corrected chi connectivity index (χ0v) is 77.4. The van der Waals surface area contributed by atoms with Crippen molar-refractivity contribution in [2.45, 2.75) is 0 Å². The Kier molecular flexibility index (Phi) is 21.3. The van der Waals surface area contributed by atoms with Crippen molar-refractivity contribution in [3.63, 3.8) is 0 Å². The molecule has 0 amide bonds. The van der Waals surface area contributed by atoms with E-state index in [2.05, 4.69) is 450 Å². The average Bonchev–Trinajstić information content (AvgIpc) is 1.64. The molecule has 0 aliphatic heterocycles. The molecule has 143 heavy (non-hydrogen) atoms. The van der Waals surface area contributed by atoms with E-state index in [4.69, 9.17) is 44.9 Å². The molecular weight excluding hydrogens is 1740 g/mol. The molecule has 0 N–H and O–H groups in total. The molecule has 0 spiro atoms. The van der Waals surface area contributed by atoms with Crippen molar-refractivity contribution < 1.29 is 0 Å². The lowest BCUT2D eigenvalue weighted by Crippen LogP contribution is -2.01. The summed E-state index contributed by atoms with van der Waals surface area (Å²) >= 11 is 0. The second kappa shape index (κ2) is 36.2. The first-order chi connectivity index (χ1) is 70.9. The van der Waals surface area contributed by atoms with Gasteiger partial charge in [-0.15, -0.1) is 0 Å². The van der Waals surface area contributed by atoms with Crippen LogP contribution in [0.25, 0.3) is 261 Å². The maximum atomic E-state index is 5.21. The fraction of sp³-hybridized carbons (Fsp3) is 0. The number of aromatic nitrogens is 12. The van der Waals surface area contributed by atoms with E-state index in [9.17, 15) is 0 Å². The molecule has 0 atom stereocenters. The molecule has 0 saturated heterocycles. The van der Waals surface area contributed by atoms with Crippen LogP contribution >= 0.6 is 0 Å². The zero-order chi connectivity index (χ0) is 94.6. The Balaban J connectivity index is 0.000000110. The number of fused-ring (bicyclic) bond motifs is 14. The molecule has 12 nitrogen and oxygen atoms in total. The van der Waals surface area contributed by atoms with Crippen LogP contribution in [0.5, 0.6) is 0 Å². The third kappa shape index (κ3) is 15.7. The van der Waals surface area contributed by atoms with E-state index in [1.54, 1.807) is 0 Å². The minimum atomic E-state index is 0.636. The van der Waals surface area contributed by atoms with Crippen LogP contribution in [0.1, 0.15) is 0 Å². The van der Waals surface area contributed by atoms with Crippen LogP contribution in [0.15, 0.2) is 510 Å². The van der Waals surface area contributed by atoms with Gasteiger partial charge in [0, 0.05) is 99.1 Å². The first-order valence-corrected chi connectivity index (χ1v) is 48.1. The van der Waals surface area contributed by atoms with Gasteiger partial charge in [0.05, 0.1) is 38.8 Å². The summed E-state index contributed by atoms with van der Waals surface area (Å²) in [4.78, 5) is 45.7. The molecule has 6 aromatic heterocycles. The smallest absolute Gasteiger partial charge is 0.164 e. The molecule has 0 bridgehead atoms. The Bertz CT molecular complexity index is 9640. The van der Waals surface area contributed by atoms with Gasteiger partial charge in [0.2, 0.25) is 0 Å². The van der Waals surface area contributed by atoms with Crippen LogP contribution < -0.4 is 0 Å². The number of para-hydroxylation sites is 6. The molecule has 22 aromatic carbocycles. The largest absolute Gasteiger partial charge is 0.309 e. The Hall–Kier alpha value is -19.4. The number of hydrogen-bond acceptors (Lipinski definition) is 9. The fourth-order valence-corrected chi connectivity index (χ4v) is 20.5. The highest BCUT2D eigenvalue weighted by Crippen LogP contribution is 2.43. The van der Waals surface area contributed by atoms with E-state index < -0.39 is 0 Å². The quantitative estimate of drug-likeness (QED) is 0.104. The minimum Gasteiger partial charge on any atom is -0.309 e. The van der Waals surface area contributed by atoms with Gasteiger partial charge >= 0.3 is 0 Å². The summed E-state index contributed by atoms with van der Waals surface area (Å²) in [5.41, 5.74) is 23.7. The third-order valence-corrected chi connectivity index (χ3v) is 27.3. The highest BCUT2D eigenvalue weighted by Gasteiger charge is 2.24. The van der Waals surface area contributed by atoms with Gasteiger partial charge in [-0.1, -0.05) is 425 Å². The predicted molar refractivity (Wildman–Crippen MR) is 590 cm³/mol. The molecule has 668 valence electrons. The molecule has 6 heterocycles. The summed E-state index contributed by atoms with van der Waals surface area (Å²) in [7, 11) is 0. The minimum absolute atomic E-state index is 0.636. The van der Waals surface area contributed by atoms with Crippen molar-refractivity contribution in [1.82, 2.24) is 58.6 Å². The molecule has 0 radical (unpaired) electrons. The standard InChI is InChI=1S/C47H30N4.C43H28N4.C41H26N4/c1-2-13-31(14-3-1)34-17-10-18-35(29-34)45-48-46(36-28-27-32-15-4-5-16-33(32)30-36)50-47(49-45)41-23-11-22-38-37(41)21-12-26-44(38)51-42-24-8-6-19-39(42)40-20-7-9-25-43(40)51;1-3-11-29(12-4-1)30-19-22-33(23-20-30)42-44-41(32-13-5-2-6-14-32)45-43(46-42)34-24-21-31-25-26-36(28-35(31)27-34)47-39-17-9-7-15-37(39)38-16-8-10-18-40(38)47;1-2-13-28(14-3-1)39-42-40(35-20-10-15-27-12-4-5-17-31(27)35)44-41(43-39)36-21-11-16-29-26-30(24-25-32(29)36)45-37-22-8-6-18-33(37)34-19-7-9-23-38(34)45/h1-30H;1-28H;1-26H. The second-order valence-electron chi connectivity index (χ2n) is 35.9. The van der Waals surface area contributed by atoms with Gasteiger partial charge in [-0.05, 0) is 156 Å². The Morgan fingerprint density at radius 1 is 0.119 bits per heavy atom. The van der Waals surface area contributed by atoms with Crippen molar-refractivity contribution in [2.75, 3.05) is 0 Å².